The van der Waals surface area contributed by atoms with Crippen LogP contribution in [0.1, 0.15) is 45.1 Å². The molecular formula is C17H28Cl2N2O2. The van der Waals surface area contributed by atoms with Crippen molar-refractivity contribution in [2.24, 2.45) is 5.73 Å². The summed E-state index contributed by atoms with van der Waals surface area (Å²) in [6.07, 6.45) is 4.36. The minimum atomic E-state index is -0.571. The van der Waals surface area contributed by atoms with Crippen LogP contribution in [0.25, 0.3) is 0 Å². The standard InChI is InChI=1S/C17H26N2O2.2ClH/c1-17(2,21)10-4-3-5-13-6-8-15(9-7-13)19-12-14(18)11-16(19)20;;/h6-9,14,21H,3-5,10-12,18H2,1-2H3;2*1H/t14-;;/m1../s1. The number of rotatable bonds is 6. The van der Waals surface area contributed by atoms with Gasteiger partial charge in [-0.2, -0.15) is 0 Å². The number of carbonyl (C=O) groups excluding carboxylic acids is 1. The highest BCUT2D eigenvalue weighted by atomic mass is 35.5. The van der Waals surface area contributed by atoms with E-state index < -0.39 is 5.60 Å². The molecule has 1 heterocycles. The van der Waals surface area contributed by atoms with Crippen LogP contribution in [0.15, 0.2) is 24.3 Å². The zero-order valence-electron chi connectivity index (χ0n) is 13.8. The molecule has 1 aliphatic heterocycles. The van der Waals surface area contributed by atoms with Crippen molar-refractivity contribution in [3.8, 4) is 0 Å². The molecule has 1 aromatic carbocycles. The van der Waals surface area contributed by atoms with Crippen molar-refractivity contribution in [2.75, 3.05) is 11.4 Å². The predicted octanol–water partition coefficient (Wildman–Crippen LogP) is 3.08. The van der Waals surface area contributed by atoms with E-state index in [0.717, 1.165) is 31.4 Å². The van der Waals surface area contributed by atoms with E-state index in [1.165, 1.54) is 5.56 Å². The maximum absolute atomic E-state index is 11.8. The van der Waals surface area contributed by atoms with Gasteiger partial charge in [-0.05, 0) is 50.8 Å². The minimum Gasteiger partial charge on any atom is -0.390 e. The second kappa shape index (κ2) is 9.48. The number of nitrogens with two attached hydrogens (primary N) is 1. The Bertz CT molecular complexity index is 486. The number of carbonyl (C=O) groups is 1. The zero-order valence-corrected chi connectivity index (χ0v) is 15.5. The number of halogens is 2. The van der Waals surface area contributed by atoms with Crippen LogP contribution in [0.4, 0.5) is 5.69 Å². The van der Waals surface area contributed by atoms with E-state index in [-0.39, 0.29) is 36.8 Å². The Kier molecular flexibility index (Phi) is 9.14. The molecule has 1 aliphatic rings. The van der Waals surface area contributed by atoms with Gasteiger partial charge in [0, 0.05) is 24.7 Å². The molecule has 0 aliphatic carbocycles. The number of nitrogens with zero attached hydrogens (tertiary/aromatic N) is 1. The Morgan fingerprint density at radius 1 is 1.22 bits per heavy atom. The highest BCUT2D eigenvalue weighted by Gasteiger charge is 2.27. The van der Waals surface area contributed by atoms with Crippen LogP contribution in [0.3, 0.4) is 0 Å². The molecule has 4 nitrogen and oxygen atoms in total. The molecular weight excluding hydrogens is 335 g/mol. The Labute approximate surface area is 151 Å². The van der Waals surface area contributed by atoms with E-state index in [4.69, 9.17) is 5.73 Å². The van der Waals surface area contributed by atoms with Crippen molar-refractivity contribution in [3.63, 3.8) is 0 Å². The second-order valence-corrected chi connectivity index (χ2v) is 6.65. The molecule has 1 saturated heterocycles. The van der Waals surface area contributed by atoms with Crippen LogP contribution in [0, 0.1) is 0 Å². The van der Waals surface area contributed by atoms with Crippen molar-refractivity contribution in [1.29, 1.82) is 0 Å². The lowest BCUT2D eigenvalue weighted by Gasteiger charge is -2.17. The van der Waals surface area contributed by atoms with Gasteiger partial charge in [0.15, 0.2) is 0 Å². The molecule has 1 atom stereocenters. The molecule has 132 valence electrons. The molecule has 3 N–H and O–H groups in total. The monoisotopic (exact) mass is 362 g/mol. The highest BCUT2D eigenvalue weighted by molar-refractivity contribution is 5.96. The van der Waals surface area contributed by atoms with E-state index in [9.17, 15) is 9.90 Å². The van der Waals surface area contributed by atoms with E-state index in [1.54, 1.807) is 4.90 Å². The SMILES string of the molecule is CC(C)(O)CCCCc1ccc(N2C[C@H](N)CC2=O)cc1.Cl.Cl. The molecule has 6 heteroatoms. The van der Waals surface area contributed by atoms with Crippen LogP contribution in [0.2, 0.25) is 0 Å². The van der Waals surface area contributed by atoms with E-state index >= 15 is 0 Å². The van der Waals surface area contributed by atoms with Gasteiger partial charge in [-0.15, -0.1) is 24.8 Å². The number of benzene rings is 1. The molecule has 0 bridgehead atoms. The van der Waals surface area contributed by atoms with Crippen LogP contribution >= 0.6 is 24.8 Å². The molecule has 0 unspecified atom stereocenters. The van der Waals surface area contributed by atoms with Gasteiger partial charge < -0.3 is 15.7 Å². The van der Waals surface area contributed by atoms with Gasteiger partial charge in [-0.1, -0.05) is 18.6 Å². The summed E-state index contributed by atoms with van der Waals surface area (Å²) in [6, 6.07) is 8.12. The Balaban J connectivity index is 0.00000242. The summed E-state index contributed by atoms with van der Waals surface area (Å²) in [5.74, 6) is 0.112. The summed E-state index contributed by atoms with van der Waals surface area (Å²) >= 11 is 0. The third kappa shape index (κ3) is 7.08. The lowest BCUT2D eigenvalue weighted by Crippen LogP contribution is -2.27. The first-order valence-corrected chi connectivity index (χ1v) is 7.72. The van der Waals surface area contributed by atoms with Gasteiger partial charge in [0.2, 0.25) is 5.91 Å². The Morgan fingerprint density at radius 3 is 2.30 bits per heavy atom. The number of aliphatic hydroxyl groups is 1. The summed E-state index contributed by atoms with van der Waals surface area (Å²) in [7, 11) is 0. The van der Waals surface area contributed by atoms with Gasteiger partial charge in [-0.3, -0.25) is 4.79 Å². The quantitative estimate of drug-likeness (QED) is 0.764. The fraction of sp³-hybridized carbons (Fsp3) is 0.588. The lowest BCUT2D eigenvalue weighted by atomic mass is 9.99. The third-order valence-corrected chi connectivity index (χ3v) is 3.91. The normalized spacial score (nSPS) is 17.7. The first-order valence-electron chi connectivity index (χ1n) is 7.72. The molecule has 0 aromatic heterocycles. The molecule has 0 radical (unpaired) electrons. The van der Waals surface area contributed by atoms with Gasteiger partial charge in [0.25, 0.3) is 0 Å². The van der Waals surface area contributed by atoms with Crippen LogP contribution in [0.5, 0.6) is 0 Å². The smallest absolute Gasteiger partial charge is 0.228 e. The summed E-state index contributed by atoms with van der Waals surface area (Å²) in [5, 5.41) is 9.67. The van der Waals surface area contributed by atoms with Gasteiger partial charge in [0.1, 0.15) is 0 Å². The topological polar surface area (TPSA) is 66.6 Å². The summed E-state index contributed by atoms with van der Waals surface area (Å²) in [5.41, 5.74) is 7.45. The van der Waals surface area contributed by atoms with Crippen molar-refractivity contribution in [3.05, 3.63) is 29.8 Å². The Morgan fingerprint density at radius 2 is 1.83 bits per heavy atom. The average Bonchev–Trinajstić information content (AvgIpc) is 2.73. The minimum absolute atomic E-state index is 0. The van der Waals surface area contributed by atoms with Crippen molar-refractivity contribution >= 4 is 36.4 Å². The molecule has 2 rings (SSSR count). The predicted molar refractivity (Wildman–Crippen MR) is 99.7 cm³/mol. The molecule has 0 spiro atoms. The number of hydrogen-bond acceptors (Lipinski definition) is 3. The molecule has 23 heavy (non-hydrogen) atoms. The molecule has 0 saturated carbocycles. The molecule has 1 aromatic rings. The largest absolute Gasteiger partial charge is 0.390 e. The molecule has 1 amide bonds. The van der Waals surface area contributed by atoms with Gasteiger partial charge in [0.05, 0.1) is 5.60 Å². The second-order valence-electron chi connectivity index (χ2n) is 6.65. The lowest BCUT2D eigenvalue weighted by molar-refractivity contribution is -0.117. The number of unbranched alkanes of at least 4 members (excludes halogenated alkanes) is 1. The van der Waals surface area contributed by atoms with Crippen molar-refractivity contribution in [1.82, 2.24) is 0 Å². The highest BCUT2D eigenvalue weighted by Crippen LogP contribution is 2.22. The summed E-state index contributed by atoms with van der Waals surface area (Å²) in [6.45, 7) is 4.31. The van der Waals surface area contributed by atoms with Crippen molar-refractivity contribution in [2.45, 2.75) is 57.6 Å². The maximum Gasteiger partial charge on any atom is 0.228 e. The number of amides is 1. The van der Waals surface area contributed by atoms with Crippen LogP contribution < -0.4 is 10.6 Å². The maximum atomic E-state index is 11.8. The van der Waals surface area contributed by atoms with E-state index in [1.807, 2.05) is 26.0 Å². The first kappa shape index (κ1) is 22.2. The number of anilines is 1. The van der Waals surface area contributed by atoms with Gasteiger partial charge in [-0.25, -0.2) is 0 Å². The fourth-order valence-electron chi connectivity index (χ4n) is 2.71. The zero-order chi connectivity index (χ0) is 15.5. The van der Waals surface area contributed by atoms with E-state index in [2.05, 4.69) is 12.1 Å². The number of aryl methyl sites for hydroxylation is 1. The van der Waals surface area contributed by atoms with Crippen LogP contribution in [-0.4, -0.2) is 29.2 Å². The van der Waals surface area contributed by atoms with Crippen LogP contribution in [-0.2, 0) is 11.2 Å². The number of hydrogen-bond donors (Lipinski definition) is 2. The van der Waals surface area contributed by atoms with Gasteiger partial charge >= 0.3 is 0 Å². The van der Waals surface area contributed by atoms with E-state index in [0.29, 0.717) is 13.0 Å². The fourth-order valence-corrected chi connectivity index (χ4v) is 2.71. The summed E-state index contributed by atoms with van der Waals surface area (Å²) in [4.78, 5) is 13.6. The van der Waals surface area contributed by atoms with Crippen molar-refractivity contribution < 1.29 is 9.90 Å². The Hall–Kier alpha value is -0.810. The summed E-state index contributed by atoms with van der Waals surface area (Å²) < 4.78 is 0. The molecule has 1 fully saturated rings. The average molecular weight is 363 g/mol. The first-order chi connectivity index (χ1) is 9.85. The third-order valence-electron chi connectivity index (χ3n) is 3.91.